The molecule has 1 aromatic rings. The number of hydrogen-bond donors (Lipinski definition) is 2. The van der Waals surface area contributed by atoms with E-state index in [4.69, 9.17) is 0 Å². The van der Waals surface area contributed by atoms with Gasteiger partial charge in [-0.1, -0.05) is 12.8 Å². The summed E-state index contributed by atoms with van der Waals surface area (Å²) in [6.45, 7) is 2.69. The van der Waals surface area contributed by atoms with Gasteiger partial charge in [-0.2, -0.15) is 0 Å². The van der Waals surface area contributed by atoms with Crippen LogP contribution >= 0.6 is 11.3 Å². The summed E-state index contributed by atoms with van der Waals surface area (Å²) in [5, 5.41) is 5.92. The van der Waals surface area contributed by atoms with Crippen LogP contribution in [0.4, 0.5) is 4.79 Å². The molecule has 1 aromatic heterocycles. The summed E-state index contributed by atoms with van der Waals surface area (Å²) >= 11 is 1.65. The fourth-order valence-electron chi connectivity index (χ4n) is 2.16. The average Bonchev–Trinajstić information content (AvgIpc) is 2.91. The first-order valence-corrected chi connectivity index (χ1v) is 7.07. The van der Waals surface area contributed by atoms with Crippen molar-refractivity contribution < 1.29 is 4.79 Å². The molecule has 0 spiro atoms. The lowest BCUT2D eigenvalue weighted by atomic mass is 10.2. The van der Waals surface area contributed by atoms with E-state index in [0.29, 0.717) is 12.6 Å². The minimum absolute atomic E-state index is 0.0286. The van der Waals surface area contributed by atoms with Crippen molar-refractivity contribution in [1.29, 1.82) is 0 Å². The molecule has 0 saturated heterocycles. The van der Waals surface area contributed by atoms with Crippen molar-refractivity contribution in [2.75, 3.05) is 6.54 Å². The molecule has 4 nitrogen and oxygen atoms in total. The molecule has 5 heteroatoms. The van der Waals surface area contributed by atoms with Crippen molar-refractivity contribution in [2.45, 2.75) is 45.1 Å². The lowest BCUT2D eigenvalue weighted by Crippen LogP contribution is -2.41. The molecule has 1 heterocycles. The minimum atomic E-state index is -0.0286. The zero-order valence-electron chi connectivity index (χ0n) is 10.2. The summed E-state index contributed by atoms with van der Waals surface area (Å²) in [5.41, 5.74) is 2.93. The van der Waals surface area contributed by atoms with E-state index < -0.39 is 0 Å². The number of aryl methyl sites for hydroxylation is 1. The van der Waals surface area contributed by atoms with E-state index in [1.54, 1.807) is 11.3 Å². The fraction of sp³-hybridized carbons (Fsp3) is 0.667. The van der Waals surface area contributed by atoms with Crippen LogP contribution in [0.25, 0.3) is 0 Å². The Kier molecular flexibility index (Phi) is 4.36. The predicted octanol–water partition coefficient (Wildman–Crippen LogP) is 2.24. The molecule has 94 valence electrons. The summed E-state index contributed by atoms with van der Waals surface area (Å²) < 4.78 is 0. The molecule has 1 aliphatic rings. The Morgan fingerprint density at radius 1 is 1.53 bits per heavy atom. The fourth-order valence-corrected chi connectivity index (χ4v) is 2.94. The first-order valence-electron chi connectivity index (χ1n) is 6.19. The van der Waals surface area contributed by atoms with Gasteiger partial charge in [-0.3, -0.25) is 0 Å². The molecule has 0 unspecified atom stereocenters. The Balaban J connectivity index is 1.64. The highest BCUT2D eigenvalue weighted by atomic mass is 32.1. The molecular weight excluding hydrogens is 234 g/mol. The van der Waals surface area contributed by atoms with Gasteiger partial charge in [0.05, 0.1) is 11.2 Å². The number of carbonyl (C=O) groups is 1. The van der Waals surface area contributed by atoms with Gasteiger partial charge in [0.1, 0.15) is 0 Å². The summed E-state index contributed by atoms with van der Waals surface area (Å²) in [6, 6.07) is 0.360. The van der Waals surface area contributed by atoms with Crippen LogP contribution in [0.2, 0.25) is 0 Å². The first kappa shape index (κ1) is 12.4. The second-order valence-electron chi connectivity index (χ2n) is 4.49. The maximum Gasteiger partial charge on any atom is 0.315 e. The number of aromatic nitrogens is 1. The van der Waals surface area contributed by atoms with E-state index in [1.807, 2.05) is 12.4 Å². The van der Waals surface area contributed by atoms with Crippen molar-refractivity contribution in [3.63, 3.8) is 0 Å². The van der Waals surface area contributed by atoms with Crippen molar-refractivity contribution in [3.8, 4) is 0 Å². The van der Waals surface area contributed by atoms with Gasteiger partial charge in [0, 0.05) is 23.9 Å². The highest BCUT2D eigenvalue weighted by molar-refractivity contribution is 7.09. The Labute approximate surface area is 106 Å². The van der Waals surface area contributed by atoms with E-state index in [-0.39, 0.29) is 6.03 Å². The zero-order valence-corrected chi connectivity index (χ0v) is 11.0. The number of rotatable bonds is 4. The van der Waals surface area contributed by atoms with E-state index in [2.05, 4.69) is 15.6 Å². The standard InChI is InChI=1S/C12H19N3OS/c1-9-11(17-8-14-9)6-7-13-12(16)15-10-4-2-3-5-10/h8,10H,2-7H2,1H3,(H2,13,15,16). The van der Waals surface area contributed by atoms with Gasteiger partial charge < -0.3 is 10.6 Å². The van der Waals surface area contributed by atoms with Crippen LogP contribution in [0.1, 0.15) is 36.3 Å². The van der Waals surface area contributed by atoms with Crippen LogP contribution in [0.5, 0.6) is 0 Å². The van der Waals surface area contributed by atoms with Gasteiger partial charge in [-0.15, -0.1) is 11.3 Å². The molecule has 1 fully saturated rings. The number of amides is 2. The maximum atomic E-state index is 11.6. The van der Waals surface area contributed by atoms with Crippen molar-refractivity contribution in [1.82, 2.24) is 15.6 Å². The van der Waals surface area contributed by atoms with Crippen LogP contribution < -0.4 is 10.6 Å². The van der Waals surface area contributed by atoms with Crippen molar-refractivity contribution >= 4 is 17.4 Å². The number of carbonyl (C=O) groups excluding carboxylic acids is 1. The lowest BCUT2D eigenvalue weighted by Gasteiger charge is -2.12. The van der Waals surface area contributed by atoms with E-state index in [1.165, 1.54) is 17.7 Å². The summed E-state index contributed by atoms with van der Waals surface area (Å²) in [4.78, 5) is 17.0. The molecule has 0 aliphatic heterocycles. The Bertz CT molecular complexity index is 372. The number of nitrogens with zero attached hydrogens (tertiary/aromatic N) is 1. The number of urea groups is 1. The van der Waals surface area contributed by atoms with Gasteiger partial charge in [-0.25, -0.2) is 9.78 Å². The molecule has 0 aromatic carbocycles. The molecule has 2 N–H and O–H groups in total. The normalized spacial score (nSPS) is 16.1. The third-order valence-electron chi connectivity index (χ3n) is 3.17. The highest BCUT2D eigenvalue weighted by Crippen LogP contribution is 2.17. The maximum absolute atomic E-state index is 11.6. The molecule has 1 aliphatic carbocycles. The Hall–Kier alpha value is -1.10. The topological polar surface area (TPSA) is 54.0 Å². The van der Waals surface area contributed by atoms with Crippen LogP contribution in [-0.4, -0.2) is 23.6 Å². The number of hydrogen-bond acceptors (Lipinski definition) is 3. The van der Waals surface area contributed by atoms with Crippen LogP contribution in [0.3, 0.4) is 0 Å². The lowest BCUT2D eigenvalue weighted by molar-refractivity contribution is 0.237. The Morgan fingerprint density at radius 3 is 2.94 bits per heavy atom. The van der Waals surface area contributed by atoms with Gasteiger partial charge in [0.15, 0.2) is 0 Å². The molecule has 0 bridgehead atoms. The first-order chi connectivity index (χ1) is 8.25. The average molecular weight is 253 g/mol. The summed E-state index contributed by atoms with van der Waals surface area (Å²) in [5.74, 6) is 0. The highest BCUT2D eigenvalue weighted by Gasteiger charge is 2.16. The smallest absolute Gasteiger partial charge is 0.315 e. The monoisotopic (exact) mass is 253 g/mol. The second-order valence-corrected chi connectivity index (χ2v) is 5.43. The third-order valence-corrected chi connectivity index (χ3v) is 4.17. The van der Waals surface area contributed by atoms with Crippen LogP contribution in [-0.2, 0) is 6.42 Å². The van der Waals surface area contributed by atoms with Gasteiger partial charge >= 0.3 is 6.03 Å². The molecule has 17 heavy (non-hydrogen) atoms. The number of thiazole rings is 1. The summed E-state index contributed by atoms with van der Waals surface area (Å²) in [7, 11) is 0. The molecular formula is C12H19N3OS. The SMILES string of the molecule is Cc1ncsc1CCNC(=O)NC1CCCC1. The molecule has 2 rings (SSSR count). The quantitative estimate of drug-likeness (QED) is 0.864. The van der Waals surface area contributed by atoms with E-state index in [9.17, 15) is 4.79 Å². The van der Waals surface area contributed by atoms with E-state index >= 15 is 0 Å². The minimum Gasteiger partial charge on any atom is -0.338 e. The third kappa shape index (κ3) is 3.70. The predicted molar refractivity (Wildman–Crippen MR) is 69.3 cm³/mol. The van der Waals surface area contributed by atoms with Crippen molar-refractivity contribution in [2.24, 2.45) is 0 Å². The number of nitrogens with one attached hydrogen (secondary N) is 2. The largest absolute Gasteiger partial charge is 0.338 e. The van der Waals surface area contributed by atoms with Crippen molar-refractivity contribution in [3.05, 3.63) is 16.1 Å². The molecule has 0 atom stereocenters. The van der Waals surface area contributed by atoms with Gasteiger partial charge in [0.25, 0.3) is 0 Å². The van der Waals surface area contributed by atoms with Gasteiger partial charge in [0.2, 0.25) is 0 Å². The van der Waals surface area contributed by atoms with Crippen LogP contribution in [0, 0.1) is 6.92 Å². The summed E-state index contributed by atoms with van der Waals surface area (Å²) in [6.07, 6.45) is 5.60. The second kappa shape index (κ2) is 6.00. The van der Waals surface area contributed by atoms with E-state index in [0.717, 1.165) is 25.0 Å². The molecule has 2 amide bonds. The zero-order chi connectivity index (χ0) is 12.1. The molecule has 1 saturated carbocycles. The van der Waals surface area contributed by atoms with Gasteiger partial charge in [-0.05, 0) is 19.8 Å². The Morgan fingerprint density at radius 2 is 2.29 bits per heavy atom. The van der Waals surface area contributed by atoms with Crippen LogP contribution in [0.15, 0.2) is 5.51 Å². The molecule has 0 radical (unpaired) electrons.